The highest BCUT2D eigenvalue weighted by molar-refractivity contribution is 6.09. The molecule has 5 nitrogen and oxygen atoms in total. The summed E-state index contributed by atoms with van der Waals surface area (Å²) >= 11 is 0. The van der Waals surface area contributed by atoms with Gasteiger partial charge in [0.15, 0.2) is 5.78 Å². The van der Waals surface area contributed by atoms with E-state index in [-0.39, 0.29) is 22.5 Å². The number of nitrogens with one attached hydrogen (secondary N) is 1. The molecule has 0 unspecified atom stereocenters. The van der Waals surface area contributed by atoms with Crippen molar-refractivity contribution in [1.82, 2.24) is 4.98 Å². The molecule has 3 rings (SSSR count). The molecule has 0 radical (unpaired) electrons. The van der Waals surface area contributed by atoms with Crippen molar-refractivity contribution >= 4 is 17.4 Å². The van der Waals surface area contributed by atoms with E-state index >= 15 is 0 Å². The van der Waals surface area contributed by atoms with Crippen LogP contribution in [0, 0.1) is 5.82 Å². The first-order valence-corrected chi connectivity index (χ1v) is 9.30. The number of carbonyl (C=O) groups excluding carboxylic acids is 2. The molecule has 3 aromatic rings. The second kappa shape index (κ2) is 9.12. The van der Waals surface area contributed by atoms with Crippen molar-refractivity contribution in [3.05, 3.63) is 77.4 Å². The highest BCUT2D eigenvalue weighted by Gasteiger charge is 2.37. The number of ketones is 1. The first kappa shape index (κ1) is 24.7. The lowest BCUT2D eigenvalue weighted by molar-refractivity contribution is -0.274. The Morgan fingerprint density at radius 2 is 1.59 bits per heavy atom. The van der Waals surface area contributed by atoms with Crippen LogP contribution in [-0.4, -0.2) is 23.0 Å². The molecule has 1 aromatic heterocycles. The largest absolute Gasteiger partial charge is 0.573 e. The maximum absolute atomic E-state index is 15.0. The molecule has 0 aliphatic carbocycles. The SMILES string of the molecule is CC(=O)c1cc(NC(=O)c2c(-c3ccc(OC(F)(F)F)cc3)ccc(C(F)(F)F)c2F)ccn1. The fraction of sp³-hybridized carbons (Fsp3) is 0.136. The van der Waals surface area contributed by atoms with E-state index in [0.717, 1.165) is 42.6 Å². The number of benzene rings is 2. The summed E-state index contributed by atoms with van der Waals surface area (Å²) in [5, 5.41) is 2.21. The summed E-state index contributed by atoms with van der Waals surface area (Å²) in [4.78, 5) is 28.1. The summed E-state index contributed by atoms with van der Waals surface area (Å²) in [5.74, 6) is -4.24. The molecule has 0 saturated heterocycles. The summed E-state index contributed by atoms with van der Waals surface area (Å²) in [5.41, 5.74) is -3.17. The fourth-order valence-electron chi connectivity index (χ4n) is 2.99. The predicted molar refractivity (Wildman–Crippen MR) is 106 cm³/mol. The number of nitrogens with zero attached hydrogens (tertiary/aromatic N) is 1. The zero-order valence-electron chi connectivity index (χ0n) is 17.0. The van der Waals surface area contributed by atoms with Gasteiger partial charge in [-0.2, -0.15) is 13.2 Å². The van der Waals surface area contributed by atoms with Crippen molar-refractivity contribution < 1.29 is 45.1 Å². The number of anilines is 1. The van der Waals surface area contributed by atoms with Crippen LogP contribution in [0.1, 0.15) is 33.3 Å². The molecule has 34 heavy (non-hydrogen) atoms. The van der Waals surface area contributed by atoms with Gasteiger partial charge in [0.25, 0.3) is 5.91 Å². The van der Waals surface area contributed by atoms with Gasteiger partial charge in [0.2, 0.25) is 0 Å². The number of Topliss-reactive ketones (excluding diaryl/α,β-unsaturated/α-hetero) is 1. The van der Waals surface area contributed by atoms with E-state index in [0.29, 0.717) is 6.07 Å². The minimum Gasteiger partial charge on any atom is -0.406 e. The summed E-state index contributed by atoms with van der Waals surface area (Å²) in [7, 11) is 0. The van der Waals surface area contributed by atoms with Crippen LogP contribution in [0.25, 0.3) is 11.1 Å². The van der Waals surface area contributed by atoms with Crippen LogP contribution in [0.15, 0.2) is 54.7 Å². The molecule has 1 heterocycles. The number of halogens is 7. The number of ether oxygens (including phenoxy) is 1. The molecule has 12 heteroatoms. The summed E-state index contributed by atoms with van der Waals surface area (Å²) in [6, 6.07) is 7.41. The monoisotopic (exact) mass is 486 g/mol. The van der Waals surface area contributed by atoms with Crippen molar-refractivity contribution in [2.24, 2.45) is 0 Å². The first-order chi connectivity index (χ1) is 15.8. The highest BCUT2D eigenvalue weighted by Crippen LogP contribution is 2.37. The van der Waals surface area contributed by atoms with E-state index in [1.807, 2.05) is 0 Å². The van der Waals surface area contributed by atoms with Gasteiger partial charge in [-0.15, -0.1) is 13.2 Å². The van der Waals surface area contributed by atoms with Gasteiger partial charge in [0.05, 0.1) is 11.1 Å². The Labute approximate surface area is 187 Å². The second-order valence-corrected chi connectivity index (χ2v) is 6.86. The lowest BCUT2D eigenvalue weighted by Crippen LogP contribution is -2.19. The van der Waals surface area contributed by atoms with Crippen LogP contribution < -0.4 is 10.1 Å². The lowest BCUT2D eigenvalue weighted by Gasteiger charge is -2.16. The molecule has 0 bridgehead atoms. The van der Waals surface area contributed by atoms with Gasteiger partial charge in [-0.25, -0.2) is 4.39 Å². The van der Waals surface area contributed by atoms with Crippen LogP contribution in [0.2, 0.25) is 0 Å². The van der Waals surface area contributed by atoms with E-state index in [2.05, 4.69) is 15.0 Å². The molecule has 0 spiro atoms. The third-order valence-corrected chi connectivity index (χ3v) is 4.45. The zero-order valence-corrected chi connectivity index (χ0v) is 17.0. The molecule has 178 valence electrons. The third-order valence-electron chi connectivity index (χ3n) is 4.45. The summed E-state index contributed by atoms with van der Waals surface area (Å²) < 4.78 is 95.6. The lowest BCUT2D eigenvalue weighted by atomic mass is 9.95. The molecule has 0 saturated carbocycles. The second-order valence-electron chi connectivity index (χ2n) is 6.86. The Bertz CT molecular complexity index is 1240. The van der Waals surface area contributed by atoms with Crippen molar-refractivity contribution in [3.63, 3.8) is 0 Å². The average molecular weight is 486 g/mol. The van der Waals surface area contributed by atoms with E-state index in [1.165, 1.54) is 13.0 Å². The van der Waals surface area contributed by atoms with E-state index < -0.39 is 46.9 Å². The highest BCUT2D eigenvalue weighted by atomic mass is 19.4. The van der Waals surface area contributed by atoms with Crippen LogP contribution in [0.5, 0.6) is 5.75 Å². The van der Waals surface area contributed by atoms with Gasteiger partial charge in [0, 0.05) is 18.8 Å². The topological polar surface area (TPSA) is 68.3 Å². The van der Waals surface area contributed by atoms with E-state index in [1.54, 1.807) is 0 Å². The smallest absolute Gasteiger partial charge is 0.406 e. The van der Waals surface area contributed by atoms with E-state index in [9.17, 15) is 40.3 Å². The Balaban J connectivity index is 2.08. The molecule has 0 fully saturated rings. The Hall–Kier alpha value is -3.96. The third kappa shape index (κ3) is 5.69. The van der Waals surface area contributed by atoms with Gasteiger partial charge in [-0.3, -0.25) is 14.6 Å². The van der Waals surface area contributed by atoms with Crippen LogP contribution in [0.4, 0.5) is 36.4 Å². The average Bonchev–Trinajstić information content (AvgIpc) is 2.72. The minimum absolute atomic E-state index is 0.0399. The number of rotatable bonds is 5. The first-order valence-electron chi connectivity index (χ1n) is 9.30. The van der Waals surface area contributed by atoms with Gasteiger partial charge in [-0.05, 0) is 41.5 Å². The number of hydrogen-bond acceptors (Lipinski definition) is 4. The number of alkyl halides is 6. The van der Waals surface area contributed by atoms with Crippen molar-refractivity contribution in [2.75, 3.05) is 5.32 Å². The standard InChI is InChI=1S/C22H13F7N2O3/c1-11(32)17-10-13(8-9-30-17)31-20(33)18-15(6-7-16(19(18)23)21(24,25)26)12-2-4-14(5-3-12)34-22(27,28)29/h2-10H,1H3,(H,30,31,33). The minimum atomic E-state index is -5.12. The molecule has 1 N–H and O–H groups in total. The molecule has 0 aliphatic rings. The number of pyridine rings is 1. The molecule has 1 amide bonds. The van der Waals surface area contributed by atoms with Gasteiger partial charge >= 0.3 is 12.5 Å². The number of carbonyl (C=O) groups is 2. The maximum Gasteiger partial charge on any atom is 0.573 e. The fourth-order valence-corrected chi connectivity index (χ4v) is 2.99. The van der Waals surface area contributed by atoms with Crippen LogP contribution in [-0.2, 0) is 6.18 Å². The maximum atomic E-state index is 15.0. The quantitative estimate of drug-likeness (QED) is 0.342. The number of hydrogen-bond donors (Lipinski definition) is 1. The van der Waals surface area contributed by atoms with Crippen molar-refractivity contribution in [2.45, 2.75) is 19.5 Å². The molecule has 0 atom stereocenters. The molecular formula is C22H13F7N2O3. The van der Waals surface area contributed by atoms with Crippen LogP contribution in [0.3, 0.4) is 0 Å². The van der Waals surface area contributed by atoms with Gasteiger partial charge in [0.1, 0.15) is 17.3 Å². The number of aromatic nitrogens is 1. The zero-order chi connectivity index (χ0) is 25.3. The van der Waals surface area contributed by atoms with Crippen LogP contribution >= 0.6 is 0 Å². The summed E-state index contributed by atoms with van der Waals surface area (Å²) in [6.45, 7) is 1.20. The van der Waals surface area contributed by atoms with Gasteiger partial charge in [-0.1, -0.05) is 18.2 Å². The number of amides is 1. The molecule has 0 aliphatic heterocycles. The van der Waals surface area contributed by atoms with E-state index in [4.69, 9.17) is 0 Å². The Kier molecular flexibility index (Phi) is 6.62. The predicted octanol–water partition coefficient (Wildman–Crippen LogP) is 6.26. The molecule has 2 aromatic carbocycles. The Morgan fingerprint density at radius 1 is 0.941 bits per heavy atom. The summed E-state index contributed by atoms with van der Waals surface area (Å²) in [6.07, 6.45) is -8.94. The van der Waals surface area contributed by atoms with Crippen molar-refractivity contribution in [3.8, 4) is 16.9 Å². The normalized spacial score (nSPS) is 11.8. The Morgan fingerprint density at radius 3 is 2.15 bits per heavy atom. The molecular weight excluding hydrogens is 473 g/mol. The van der Waals surface area contributed by atoms with Gasteiger partial charge < -0.3 is 10.1 Å². The van der Waals surface area contributed by atoms with Crippen molar-refractivity contribution in [1.29, 1.82) is 0 Å².